The Bertz CT molecular complexity index is 2040. The zero-order valence-corrected chi connectivity index (χ0v) is 22.7. The average molecular weight is 543 g/mol. The molecule has 0 atom stereocenters. The van der Waals surface area contributed by atoms with Crippen molar-refractivity contribution < 1.29 is 0 Å². The zero-order valence-electron chi connectivity index (χ0n) is 22.7. The number of hydrogen-bond donors (Lipinski definition) is 1. The fraction of sp³-hybridized carbons (Fsp3) is 0. The van der Waals surface area contributed by atoms with Gasteiger partial charge in [-0.3, -0.25) is 0 Å². The van der Waals surface area contributed by atoms with Crippen molar-refractivity contribution >= 4 is 34.1 Å². The second-order valence-electron chi connectivity index (χ2n) is 9.84. The minimum atomic E-state index is 0.620. The summed E-state index contributed by atoms with van der Waals surface area (Å²) in [5.74, 6) is 7.22. The molecule has 0 bridgehead atoms. The molecular weight excluding hydrogens is 516 g/mol. The molecule has 0 fully saturated rings. The number of aromatic nitrogens is 4. The molecular formula is C36H26N6. The van der Waals surface area contributed by atoms with Crippen molar-refractivity contribution in [1.29, 1.82) is 0 Å². The molecule has 6 nitrogen and oxygen atoms in total. The van der Waals surface area contributed by atoms with E-state index in [0.717, 1.165) is 44.4 Å². The van der Waals surface area contributed by atoms with Gasteiger partial charge in [0.1, 0.15) is 0 Å². The van der Waals surface area contributed by atoms with Gasteiger partial charge in [0.25, 0.3) is 0 Å². The lowest BCUT2D eigenvalue weighted by Crippen LogP contribution is -2.01. The van der Waals surface area contributed by atoms with Gasteiger partial charge in [0.15, 0.2) is 17.5 Å². The third kappa shape index (κ3) is 4.61. The van der Waals surface area contributed by atoms with Crippen molar-refractivity contribution in [1.82, 2.24) is 19.5 Å². The van der Waals surface area contributed by atoms with Crippen LogP contribution >= 0.6 is 0 Å². The molecule has 0 amide bonds. The number of allylic oxidation sites excluding steroid dienone is 1. The van der Waals surface area contributed by atoms with Crippen LogP contribution in [0.2, 0.25) is 0 Å². The van der Waals surface area contributed by atoms with Crippen molar-refractivity contribution in [2.75, 3.05) is 0 Å². The highest BCUT2D eigenvalue weighted by atomic mass is 15.1. The van der Waals surface area contributed by atoms with Gasteiger partial charge in [-0.2, -0.15) is 5.10 Å². The van der Waals surface area contributed by atoms with E-state index in [1.807, 2.05) is 72.8 Å². The maximum absolute atomic E-state index is 5.32. The fourth-order valence-corrected chi connectivity index (χ4v) is 5.38. The lowest BCUT2D eigenvalue weighted by atomic mass is 10.1. The largest absolute Gasteiger partial charge is 0.323 e. The van der Waals surface area contributed by atoms with E-state index in [4.69, 9.17) is 20.8 Å². The Hall–Kier alpha value is -5.88. The minimum absolute atomic E-state index is 0.620. The first-order valence-corrected chi connectivity index (χ1v) is 13.7. The van der Waals surface area contributed by atoms with Gasteiger partial charge in [0.2, 0.25) is 0 Å². The van der Waals surface area contributed by atoms with Gasteiger partial charge in [-0.05, 0) is 35.9 Å². The number of benzene rings is 5. The van der Waals surface area contributed by atoms with Gasteiger partial charge < -0.3 is 10.4 Å². The molecule has 2 aromatic heterocycles. The van der Waals surface area contributed by atoms with Crippen LogP contribution in [0.4, 0.5) is 0 Å². The lowest BCUT2D eigenvalue weighted by molar-refractivity contribution is 1.07. The topological polar surface area (TPSA) is 82.0 Å². The van der Waals surface area contributed by atoms with Crippen molar-refractivity contribution in [3.63, 3.8) is 0 Å². The van der Waals surface area contributed by atoms with Crippen LogP contribution in [0, 0.1) is 0 Å². The van der Waals surface area contributed by atoms with Crippen LogP contribution in [0.5, 0.6) is 0 Å². The number of hydrazone groups is 1. The molecule has 0 aliphatic carbocycles. The van der Waals surface area contributed by atoms with Crippen LogP contribution in [-0.4, -0.2) is 25.7 Å². The zero-order chi connectivity index (χ0) is 28.3. The van der Waals surface area contributed by atoms with E-state index in [2.05, 4.69) is 76.4 Å². The van der Waals surface area contributed by atoms with Crippen molar-refractivity contribution in [3.8, 4) is 39.9 Å². The highest BCUT2D eigenvalue weighted by Gasteiger charge is 2.16. The lowest BCUT2D eigenvalue weighted by Gasteiger charge is -2.11. The highest BCUT2D eigenvalue weighted by Crippen LogP contribution is 2.35. The summed E-state index contributed by atoms with van der Waals surface area (Å²) in [5, 5.41) is 5.93. The molecule has 0 spiro atoms. The minimum Gasteiger partial charge on any atom is -0.323 e. The molecule has 0 aliphatic rings. The Labute approximate surface area is 243 Å². The standard InChI is InChI=1S/C36H26N6/c37-38-23-11-18-25-16-10-22-32-33(25)30-20-7-8-21-31(30)42(32)29-19-9-17-28(24-29)36-40-34(26-12-3-1-4-13-26)39-35(41-36)27-14-5-2-6-15-27/h1-24H,37H2/b18-11+,38-23?. The molecule has 7 rings (SSSR count). The second-order valence-corrected chi connectivity index (χ2v) is 9.84. The van der Waals surface area contributed by atoms with Gasteiger partial charge in [-0.15, -0.1) is 0 Å². The molecule has 6 heteroatoms. The first-order valence-electron chi connectivity index (χ1n) is 13.7. The van der Waals surface area contributed by atoms with Crippen LogP contribution in [0.25, 0.3) is 67.7 Å². The normalized spacial score (nSPS) is 11.7. The Morgan fingerprint density at radius 3 is 1.83 bits per heavy atom. The third-order valence-corrected chi connectivity index (χ3v) is 7.24. The molecule has 42 heavy (non-hydrogen) atoms. The maximum Gasteiger partial charge on any atom is 0.164 e. The van der Waals surface area contributed by atoms with E-state index in [9.17, 15) is 0 Å². The van der Waals surface area contributed by atoms with E-state index < -0.39 is 0 Å². The number of para-hydroxylation sites is 1. The fourth-order valence-electron chi connectivity index (χ4n) is 5.38. The molecule has 0 unspecified atom stereocenters. The van der Waals surface area contributed by atoms with E-state index in [0.29, 0.717) is 17.5 Å². The molecule has 7 aromatic rings. The molecule has 2 N–H and O–H groups in total. The Kier molecular flexibility index (Phi) is 6.54. The Balaban J connectivity index is 1.43. The van der Waals surface area contributed by atoms with Gasteiger partial charge in [-0.25, -0.2) is 15.0 Å². The van der Waals surface area contributed by atoms with E-state index in [1.54, 1.807) is 6.21 Å². The maximum atomic E-state index is 5.32. The quantitative estimate of drug-likeness (QED) is 0.131. The van der Waals surface area contributed by atoms with Crippen LogP contribution in [0.3, 0.4) is 0 Å². The monoisotopic (exact) mass is 542 g/mol. The summed E-state index contributed by atoms with van der Waals surface area (Å²) in [7, 11) is 0. The number of hydrogen-bond acceptors (Lipinski definition) is 5. The summed E-state index contributed by atoms with van der Waals surface area (Å²) in [6.45, 7) is 0. The van der Waals surface area contributed by atoms with Crippen molar-refractivity contribution in [3.05, 3.63) is 139 Å². The van der Waals surface area contributed by atoms with Gasteiger partial charge in [-0.1, -0.05) is 109 Å². The Morgan fingerprint density at radius 1 is 0.571 bits per heavy atom. The van der Waals surface area contributed by atoms with Crippen LogP contribution in [-0.2, 0) is 0 Å². The predicted molar refractivity (Wildman–Crippen MR) is 172 cm³/mol. The third-order valence-electron chi connectivity index (χ3n) is 7.24. The summed E-state index contributed by atoms with van der Waals surface area (Å²) in [6, 6.07) is 43.2. The summed E-state index contributed by atoms with van der Waals surface area (Å²) in [4.78, 5) is 14.7. The number of fused-ring (bicyclic) bond motifs is 3. The second kappa shape index (κ2) is 10.9. The molecule has 5 aromatic carbocycles. The average Bonchev–Trinajstić information content (AvgIpc) is 3.41. The number of rotatable bonds is 6. The summed E-state index contributed by atoms with van der Waals surface area (Å²) < 4.78 is 2.29. The van der Waals surface area contributed by atoms with Crippen molar-refractivity contribution in [2.24, 2.45) is 10.9 Å². The predicted octanol–water partition coefficient (Wildman–Crippen LogP) is 7.93. The first-order chi connectivity index (χ1) is 20.8. The SMILES string of the molecule is NN=C/C=C/c1cccc2c1c1ccccc1n2-c1cccc(-c2nc(-c3ccccc3)nc(-c3ccccc3)n2)c1. The van der Waals surface area contributed by atoms with Crippen LogP contribution in [0.15, 0.2) is 139 Å². The Morgan fingerprint density at radius 2 is 1.14 bits per heavy atom. The van der Waals surface area contributed by atoms with Crippen LogP contribution < -0.4 is 5.84 Å². The molecule has 2 heterocycles. The molecule has 0 saturated carbocycles. The molecule has 0 saturated heterocycles. The van der Waals surface area contributed by atoms with Crippen LogP contribution in [0.1, 0.15) is 5.56 Å². The van der Waals surface area contributed by atoms with Gasteiger partial charge >= 0.3 is 0 Å². The van der Waals surface area contributed by atoms with Gasteiger partial charge in [0.05, 0.1) is 11.0 Å². The van der Waals surface area contributed by atoms with E-state index in [-0.39, 0.29) is 0 Å². The summed E-state index contributed by atoms with van der Waals surface area (Å²) in [5.41, 5.74) is 7.12. The molecule has 0 aliphatic heterocycles. The number of nitrogens with zero attached hydrogens (tertiary/aromatic N) is 5. The molecule has 0 radical (unpaired) electrons. The number of nitrogens with two attached hydrogens (primary N) is 1. The van der Waals surface area contributed by atoms with E-state index >= 15 is 0 Å². The van der Waals surface area contributed by atoms with Crippen molar-refractivity contribution in [2.45, 2.75) is 0 Å². The summed E-state index contributed by atoms with van der Waals surface area (Å²) in [6.07, 6.45) is 5.48. The first kappa shape index (κ1) is 25.1. The highest BCUT2D eigenvalue weighted by molar-refractivity contribution is 6.13. The van der Waals surface area contributed by atoms with Gasteiger partial charge in [0, 0.05) is 39.4 Å². The van der Waals surface area contributed by atoms with E-state index in [1.165, 1.54) is 5.39 Å². The molecule has 200 valence electrons. The smallest absolute Gasteiger partial charge is 0.164 e. The summed E-state index contributed by atoms with van der Waals surface area (Å²) >= 11 is 0.